The van der Waals surface area contributed by atoms with Crippen molar-refractivity contribution in [3.8, 4) is 5.75 Å². The zero-order chi connectivity index (χ0) is 22.4. The van der Waals surface area contributed by atoms with Crippen LogP contribution in [0.3, 0.4) is 0 Å². The number of likely N-dealkylation sites (N-methyl/N-ethyl adjacent to an activating group) is 1. The van der Waals surface area contributed by atoms with Crippen molar-refractivity contribution in [3.63, 3.8) is 0 Å². The summed E-state index contributed by atoms with van der Waals surface area (Å²) in [6.45, 7) is 13.7. The van der Waals surface area contributed by atoms with Crippen LogP contribution in [0, 0.1) is 20.8 Å². The van der Waals surface area contributed by atoms with Crippen molar-refractivity contribution in [1.29, 1.82) is 0 Å². The quantitative estimate of drug-likeness (QED) is 0.535. The molecule has 0 spiro atoms. The molecule has 7 nitrogen and oxygen atoms in total. The first-order chi connectivity index (χ1) is 14.9. The van der Waals surface area contributed by atoms with Crippen molar-refractivity contribution in [2.75, 3.05) is 31.6 Å². The van der Waals surface area contributed by atoms with Crippen LogP contribution < -0.4 is 10.1 Å². The van der Waals surface area contributed by atoms with Gasteiger partial charge in [0.2, 0.25) is 5.91 Å². The Morgan fingerprint density at radius 3 is 2.65 bits per heavy atom. The van der Waals surface area contributed by atoms with E-state index in [0.717, 1.165) is 47.9 Å². The van der Waals surface area contributed by atoms with Crippen LogP contribution in [-0.4, -0.2) is 51.6 Å². The molecule has 3 aromatic rings. The van der Waals surface area contributed by atoms with Gasteiger partial charge in [0, 0.05) is 30.4 Å². The molecule has 2 heterocycles. The fourth-order valence-electron chi connectivity index (χ4n) is 3.77. The summed E-state index contributed by atoms with van der Waals surface area (Å²) in [7, 11) is 0. The molecule has 0 unspecified atom stereocenters. The van der Waals surface area contributed by atoms with Crippen LogP contribution >= 0.6 is 0 Å². The van der Waals surface area contributed by atoms with Crippen molar-refractivity contribution < 1.29 is 9.53 Å². The lowest BCUT2D eigenvalue weighted by molar-refractivity contribution is -0.116. The number of anilines is 1. The number of hydrogen-bond acceptors (Lipinski definition) is 5. The monoisotopic (exact) mass is 423 g/mol. The van der Waals surface area contributed by atoms with Crippen molar-refractivity contribution in [2.24, 2.45) is 0 Å². The Hall–Kier alpha value is -2.93. The molecule has 0 radical (unpaired) electrons. The number of rotatable bonds is 10. The summed E-state index contributed by atoms with van der Waals surface area (Å²) in [6, 6.07) is 9.56. The van der Waals surface area contributed by atoms with E-state index in [-0.39, 0.29) is 5.91 Å². The highest BCUT2D eigenvalue weighted by molar-refractivity contribution is 5.92. The van der Waals surface area contributed by atoms with E-state index in [2.05, 4.69) is 34.1 Å². The van der Waals surface area contributed by atoms with Gasteiger partial charge in [0.05, 0.1) is 11.4 Å². The van der Waals surface area contributed by atoms with E-state index in [1.54, 1.807) is 0 Å². The number of carbonyl (C=O) groups excluding carboxylic acids is 1. The zero-order valence-electron chi connectivity index (χ0n) is 19.2. The molecule has 0 bridgehead atoms. The molecule has 1 aromatic carbocycles. The average molecular weight is 424 g/mol. The third kappa shape index (κ3) is 5.61. The number of carbonyl (C=O) groups is 1. The predicted molar refractivity (Wildman–Crippen MR) is 124 cm³/mol. The number of aryl methyl sites for hydroxylation is 3. The number of nitrogens with zero attached hydrogens (tertiary/aromatic N) is 4. The molecule has 166 valence electrons. The third-order valence-electron chi connectivity index (χ3n) is 5.61. The summed E-state index contributed by atoms with van der Waals surface area (Å²) < 4.78 is 7.80. The van der Waals surface area contributed by atoms with Crippen molar-refractivity contribution in [3.05, 3.63) is 53.0 Å². The van der Waals surface area contributed by atoms with Gasteiger partial charge in [-0.05, 0) is 58.0 Å². The largest absolute Gasteiger partial charge is 0.490 e. The number of nitrogens with one attached hydrogen (secondary N) is 1. The molecular formula is C24H33N5O2. The number of hydrogen-bond donors (Lipinski definition) is 1. The summed E-state index contributed by atoms with van der Waals surface area (Å²) >= 11 is 0. The molecule has 0 saturated carbocycles. The van der Waals surface area contributed by atoms with E-state index in [1.165, 1.54) is 0 Å². The van der Waals surface area contributed by atoms with Crippen LogP contribution in [0.25, 0.3) is 5.65 Å². The van der Waals surface area contributed by atoms with Gasteiger partial charge in [-0.1, -0.05) is 26.0 Å². The van der Waals surface area contributed by atoms with E-state index in [4.69, 9.17) is 4.74 Å². The maximum atomic E-state index is 12.7. The second kappa shape index (κ2) is 10.4. The third-order valence-corrected chi connectivity index (χ3v) is 5.61. The second-order valence-electron chi connectivity index (χ2n) is 7.74. The Morgan fingerprint density at radius 1 is 1.16 bits per heavy atom. The SMILES string of the molecule is CCN(CC)CCOc1ccccc1NC(=O)CCc1c(C)nc2cc(C)nn2c1C. The molecule has 31 heavy (non-hydrogen) atoms. The van der Waals surface area contributed by atoms with Gasteiger partial charge in [-0.25, -0.2) is 9.50 Å². The number of ether oxygens (including phenoxy) is 1. The highest BCUT2D eigenvalue weighted by Gasteiger charge is 2.14. The molecule has 0 atom stereocenters. The number of amides is 1. The first-order valence-corrected chi connectivity index (χ1v) is 11.0. The van der Waals surface area contributed by atoms with Crippen molar-refractivity contribution >= 4 is 17.2 Å². The zero-order valence-corrected chi connectivity index (χ0v) is 19.2. The number of benzene rings is 1. The molecular weight excluding hydrogens is 390 g/mol. The average Bonchev–Trinajstić information content (AvgIpc) is 3.12. The van der Waals surface area contributed by atoms with Crippen LogP contribution in [0.4, 0.5) is 5.69 Å². The van der Waals surface area contributed by atoms with Gasteiger partial charge < -0.3 is 15.0 Å². The van der Waals surface area contributed by atoms with Gasteiger partial charge in [0.25, 0.3) is 0 Å². The second-order valence-corrected chi connectivity index (χ2v) is 7.74. The van der Waals surface area contributed by atoms with Gasteiger partial charge in [0.15, 0.2) is 5.65 Å². The Labute approximate surface area is 184 Å². The summed E-state index contributed by atoms with van der Waals surface area (Å²) in [6.07, 6.45) is 0.971. The Morgan fingerprint density at radius 2 is 1.90 bits per heavy atom. The predicted octanol–water partition coefficient (Wildman–Crippen LogP) is 3.95. The molecule has 0 aliphatic heterocycles. The minimum absolute atomic E-state index is 0.0460. The first-order valence-electron chi connectivity index (χ1n) is 11.0. The van der Waals surface area contributed by atoms with E-state index >= 15 is 0 Å². The van der Waals surface area contributed by atoms with Gasteiger partial charge in [-0.2, -0.15) is 5.10 Å². The first kappa shape index (κ1) is 22.7. The number of aromatic nitrogens is 3. The summed E-state index contributed by atoms with van der Waals surface area (Å²) in [5.41, 5.74) is 5.52. The highest BCUT2D eigenvalue weighted by Crippen LogP contribution is 2.24. The fourth-order valence-corrected chi connectivity index (χ4v) is 3.77. The lowest BCUT2D eigenvalue weighted by atomic mass is 10.1. The minimum Gasteiger partial charge on any atom is -0.490 e. The maximum absolute atomic E-state index is 12.7. The van der Waals surface area contributed by atoms with E-state index in [9.17, 15) is 4.79 Å². The van der Waals surface area contributed by atoms with Crippen molar-refractivity contribution in [2.45, 2.75) is 47.5 Å². The maximum Gasteiger partial charge on any atom is 0.224 e. The van der Waals surface area contributed by atoms with Gasteiger partial charge in [-0.3, -0.25) is 4.79 Å². The molecule has 0 saturated heterocycles. The van der Waals surface area contributed by atoms with Crippen LogP contribution in [0.2, 0.25) is 0 Å². The fraction of sp³-hybridized carbons (Fsp3) is 0.458. The lowest BCUT2D eigenvalue weighted by Crippen LogP contribution is -2.28. The van der Waals surface area contributed by atoms with Crippen molar-refractivity contribution in [1.82, 2.24) is 19.5 Å². The Balaban J connectivity index is 1.62. The molecule has 0 aliphatic rings. The molecule has 3 rings (SSSR count). The molecule has 7 heteroatoms. The van der Waals surface area contributed by atoms with Crippen LogP contribution in [-0.2, 0) is 11.2 Å². The van der Waals surface area contributed by atoms with Gasteiger partial charge in [-0.15, -0.1) is 0 Å². The Kier molecular flexibility index (Phi) is 7.63. The molecule has 1 N–H and O–H groups in total. The normalized spacial score (nSPS) is 11.3. The topological polar surface area (TPSA) is 71.8 Å². The van der Waals surface area contributed by atoms with Crippen LogP contribution in [0.15, 0.2) is 30.3 Å². The highest BCUT2D eigenvalue weighted by atomic mass is 16.5. The molecule has 2 aromatic heterocycles. The Bertz CT molecular complexity index is 1040. The van der Waals surface area contributed by atoms with Crippen LogP contribution in [0.5, 0.6) is 5.75 Å². The van der Waals surface area contributed by atoms with E-state index in [0.29, 0.717) is 30.9 Å². The smallest absolute Gasteiger partial charge is 0.224 e. The van der Waals surface area contributed by atoms with E-state index in [1.807, 2.05) is 55.6 Å². The van der Waals surface area contributed by atoms with E-state index < -0.39 is 0 Å². The molecule has 0 aliphatic carbocycles. The summed E-state index contributed by atoms with van der Waals surface area (Å²) in [5, 5.41) is 7.51. The summed E-state index contributed by atoms with van der Waals surface area (Å²) in [5.74, 6) is 0.654. The van der Waals surface area contributed by atoms with Gasteiger partial charge >= 0.3 is 0 Å². The minimum atomic E-state index is -0.0460. The summed E-state index contributed by atoms with van der Waals surface area (Å²) in [4.78, 5) is 19.6. The number of fused-ring (bicyclic) bond motifs is 1. The van der Waals surface area contributed by atoms with Crippen LogP contribution in [0.1, 0.15) is 42.9 Å². The molecule has 1 amide bonds. The molecule has 0 fully saturated rings. The standard InChI is InChI=1S/C24H33N5O2/c1-6-28(7-2)14-15-31-22-11-9-8-10-21(22)26-24(30)13-12-20-18(4)25-23-16-17(3)27-29(23)19(20)5/h8-11,16H,6-7,12-15H2,1-5H3,(H,26,30). The lowest BCUT2D eigenvalue weighted by Gasteiger charge is -2.19. The van der Waals surface area contributed by atoms with Gasteiger partial charge in [0.1, 0.15) is 12.4 Å². The number of para-hydroxylation sites is 2.